The van der Waals surface area contributed by atoms with E-state index >= 15 is 0 Å². The van der Waals surface area contributed by atoms with Crippen LogP contribution in [0.15, 0.2) is 53.4 Å². The van der Waals surface area contributed by atoms with Gasteiger partial charge in [-0.15, -0.1) is 0 Å². The molecule has 6 nitrogen and oxygen atoms in total. The number of rotatable bonds is 4. The minimum atomic E-state index is -3.47. The molecule has 0 aromatic heterocycles. The van der Waals surface area contributed by atoms with Crippen LogP contribution in [0.5, 0.6) is 11.5 Å². The summed E-state index contributed by atoms with van der Waals surface area (Å²) in [7, 11) is -1.92. The van der Waals surface area contributed by atoms with Crippen molar-refractivity contribution >= 4 is 15.7 Å². The van der Waals surface area contributed by atoms with Gasteiger partial charge in [0.1, 0.15) is 17.2 Å². The van der Waals surface area contributed by atoms with E-state index in [0.717, 1.165) is 5.69 Å². The van der Waals surface area contributed by atoms with Crippen LogP contribution < -0.4 is 9.64 Å². The maximum absolute atomic E-state index is 12.7. The van der Waals surface area contributed by atoms with Crippen LogP contribution >= 0.6 is 0 Å². The highest BCUT2D eigenvalue weighted by atomic mass is 32.2. The number of phenols is 1. The summed E-state index contributed by atoms with van der Waals surface area (Å²) in [6.45, 7) is 2.31. The number of aromatic hydroxyl groups is 1. The normalized spacial score (nSPS) is 16.9. The summed E-state index contributed by atoms with van der Waals surface area (Å²) < 4.78 is 32.0. The molecule has 3 rings (SSSR count). The van der Waals surface area contributed by atoms with Crippen LogP contribution in [0.1, 0.15) is 0 Å². The monoisotopic (exact) mass is 349 g/mol. The summed E-state index contributed by atoms with van der Waals surface area (Å²) >= 11 is 0. The molecule has 0 bridgehead atoms. The van der Waals surface area contributed by atoms with Crippen molar-refractivity contribution in [3.05, 3.63) is 48.5 Å². The van der Waals surface area contributed by atoms with Gasteiger partial charge in [0, 0.05) is 12.1 Å². The standard InChI is InChI=1S/C17H20N2O4S/c1-23-16-6-8-17(9-7-16)24(21,22)19-12-10-18(11-13-19)14-2-4-15(20)5-3-14/h2-9,20H,10-13H2,1H3/p+1. The van der Waals surface area contributed by atoms with E-state index in [1.165, 1.54) is 9.21 Å². The molecule has 0 aliphatic carbocycles. The van der Waals surface area contributed by atoms with Crippen LogP contribution in [0.3, 0.4) is 0 Å². The SMILES string of the molecule is COc1ccc(S(=O)(=O)N2CC[NH+](c3ccc(O)cc3)CC2)cc1. The van der Waals surface area contributed by atoms with Crippen LogP contribution in [0.25, 0.3) is 0 Å². The molecule has 2 N–H and O–H groups in total. The summed E-state index contributed by atoms with van der Waals surface area (Å²) in [4.78, 5) is 1.51. The van der Waals surface area contributed by atoms with Crippen molar-refractivity contribution in [3.8, 4) is 11.5 Å². The molecule has 128 valence electrons. The van der Waals surface area contributed by atoms with E-state index in [2.05, 4.69) is 0 Å². The Labute approximate surface area is 141 Å². The first-order valence-corrected chi connectivity index (χ1v) is 9.23. The molecule has 24 heavy (non-hydrogen) atoms. The third-order valence-corrected chi connectivity index (χ3v) is 6.21. The van der Waals surface area contributed by atoms with E-state index in [4.69, 9.17) is 4.74 Å². The number of sulfonamides is 1. The van der Waals surface area contributed by atoms with Gasteiger partial charge in [-0.3, -0.25) is 0 Å². The lowest BCUT2D eigenvalue weighted by Crippen LogP contribution is -3.10. The molecule has 1 saturated heterocycles. The highest BCUT2D eigenvalue weighted by Gasteiger charge is 2.31. The van der Waals surface area contributed by atoms with Crippen LogP contribution in [0, 0.1) is 0 Å². The number of nitrogens with zero attached hydrogens (tertiary/aromatic N) is 1. The van der Waals surface area contributed by atoms with Gasteiger partial charge in [0.2, 0.25) is 10.0 Å². The number of hydrogen-bond acceptors (Lipinski definition) is 4. The number of nitrogens with one attached hydrogen (secondary N) is 1. The maximum Gasteiger partial charge on any atom is 0.243 e. The third kappa shape index (κ3) is 3.38. The predicted molar refractivity (Wildman–Crippen MR) is 90.2 cm³/mol. The van der Waals surface area contributed by atoms with Gasteiger partial charge in [0.05, 0.1) is 38.2 Å². The molecular formula is C17H21N2O4S+. The number of ether oxygens (including phenoxy) is 1. The maximum atomic E-state index is 12.7. The van der Waals surface area contributed by atoms with Gasteiger partial charge >= 0.3 is 0 Å². The third-order valence-electron chi connectivity index (χ3n) is 4.30. The molecular weight excluding hydrogens is 328 g/mol. The van der Waals surface area contributed by atoms with E-state index in [-0.39, 0.29) is 10.6 Å². The fourth-order valence-corrected chi connectivity index (χ4v) is 4.32. The largest absolute Gasteiger partial charge is 0.508 e. The van der Waals surface area contributed by atoms with Crippen molar-refractivity contribution in [2.45, 2.75) is 4.90 Å². The Hall–Kier alpha value is -2.09. The molecule has 1 aliphatic heterocycles. The van der Waals surface area contributed by atoms with E-state index < -0.39 is 10.0 Å². The molecule has 1 fully saturated rings. The lowest BCUT2D eigenvalue weighted by atomic mass is 10.2. The van der Waals surface area contributed by atoms with Crippen molar-refractivity contribution in [1.82, 2.24) is 4.31 Å². The van der Waals surface area contributed by atoms with Crippen LogP contribution in [-0.4, -0.2) is 51.1 Å². The van der Waals surface area contributed by atoms with Crippen molar-refractivity contribution in [2.24, 2.45) is 0 Å². The van der Waals surface area contributed by atoms with Gasteiger partial charge in [-0.1, -0.05) is 0 Å². The number of methoxy groups -OCH3 is 1. The molecule has 0 atom stereocenters. The zero-order valence-corrected chi connectivity index (χ0v) is 14.3. The van der Waals surface area contributed by atoms with Crippen LogP contribution in [-0.2, 0) is 10.0 Å². The van der Waals surface area contributed by atoms with Gasteiger partial charge in [0.15, 0.2) is 0 Å². The minimum Gasteiger partial charge on any atom is -0.508 e. The van der Waals surface area contributed by atoms with E-state index in [1.54, 1.807) is 43.5 Å². The average Bonchev–Trinajstić information content (AvgIpc) is 2.62. The van der Waals surface area contributed by atoms with Gasteiger partial charge in [-0.05, 0) is 36.4 Å². The van der Waals surface area contributed by atoms with E-state index in [0.29, 0.717) is 31.9 Å². The molecule has 1 aliphatic rings. The molecule has 0 radical (unpaired) electrons. The first-order chi connectivity index (χ1) is 11.5. The van der Waals surface area contributed by atoms with E-state index in [9.17, 15) is 13.5 Å². The van der Waals surface area contributed by atoms with Gasteiger partial charge < -0.3 is 14.7 Å². The van der Waals surface area contributed by atoms with Crippen molar-refractivity contribution < 1.29 is 23.2 Å². The Kier molecular flexibility index (Phi) is 4.75. The quantitative estimate of drug-likeness (QED) is 0.794. The number of hydrogen-bond donors (Lipinski definition) is 2. The first kappa shape index (κ1) is 16.8. The number of phenolic OH excluding ortho intramolecular Hbond substituents is 1. The summed E-state index contributed by atoms with van der Waals surface area (Å²) in [5.41, 5.74) is 1.06. The molecule has 0 unspecified atom stereocenters. The van der Waals surface area contributed by atoms with Crippen molar-refractivity contribution in [1.29, 1.82) is 0 Å². The smallest absolute Gasteiger partial charge is 0.243 e. The molecule has 7 heteroatoms. The molecule has 0 saturated carbocycles. The van der Waals surface area contributed by atoms with Gasteiger partial charge in [-0.25, -0.2) is 8.42 Å². The second-order valence-corrected chi connectivity index (χ2v) is 7.67. The highest BCUT2D eigenvalue weighted by Crippen LogP contribution is 2.19. The van der Waals surface area contributed by atoms with Crippen LogP contribution in [0.4, 0.5) is 5.69 Å². The second-order valence-electron chi connectivity index (χ2n) is 5.73. The lowest BCUT2D eigenvalue weighted by Gasteiger charge is -2.31. The Morgan fingerprint density at radius 1 is 1.00 bits per heavy atom. The van der Waals surface area contributed by atoms with Gasteiger partial charge in [-0.2, -0.15) is 4.31 Å². The first-order valence-electron chi connectivity index (χ1n) is 7.79. The zero-order valence-electron chi connectivity index (χ0n) is 13.5. The predicted octanol–water partition coefficient (Wildman–Crippen LogP) is 0.622. The summed E-state index contributed by atoms with van der Waals surface area (Å²) in [5, 5.41) is 9.36. The molecule has 2 aromatic carbocycles. The Balaban J connectivity index is 1.69. The van der Waals surface area contributed by atoms with Crippen molar-refractivity contribution in [3.63, 3.8) is 0 Å². The fraction of sp³-hybridized carbons (Fsp3) is 0.294. The zero-order chi connectivity index (χ0) is 17.2. The lowest BCUT2D eigenvalue weighted by molar-refractivity contribution is -0.837. The van der Waals surface area contributed by atoms with Crippen molar-refractivity contribution in [2.75, 3.05) is 33.3 Å². The van der Waals surface area contributed by atoms with Gasteiger partial charge in [0.25, 0.3) is 0 Å². The molecule has 2 aromatic rings. The Bertz CT molecular complexity index is 780. The molecule has 0 amide bonds. The second kappa shape index (κ2) is 6.80. The Morgan fingerprint density at radius 3 is 2.12 bits per heavy atom. The summed E-state index contributed by atoms with van der Waals surface area (Å²) in [6, 6.07) is 13.5. The minimum absolute atomic E-state index is 0.235. The Morgan fingerprint density at radius 2 is 1.58 bits per heavy atom. The average molecular weight is 349 g/mol. The highest BCUT2D eigenvalue weighted by molar-refractivity contribution is 7.89. The molecule has 0 spiro atoms. The summed E-state index contributed by atoms with van der Waals surface area (Å²) in [6.07, 6.45) is 0. The van der Waals surface area contributed by atoms with Crippen LogP contribution in [0.2, 0.25) is 0 Å². The van der Waals surface area contributed by atoms with E-state index in [1.807, 2.05) is 12.1 Å². The number of piperazine rings is 1. The molecule has 1 heterocycles. The number of quaternary nitrogens is 1. The topological polar surface area (TPSA) is 71.3 Å². The fourth-order valence-electron chi connectivity index (χ4n) is 2.88. The summed E-state index contributed by atoms with van der Waals surface area (Å²) in [5.74, 6) is 0.870. The number of benzene rings is 2.